The van der Waals surface area contributed by atoms with E-state index in [-0.39, 0.29) is 22.4 Å². The third kappa shape index (κ3) is 3.85. The number of nitrogens with zero attached hydrogens (tertiary/aromatic N) is 1. The molecule has 0 aliphatic heterocycles. The van der Waals surface area contributed by atoms with Crippen molar-refractivity contribution in [1.29, 1.82) is 0 Å². The van der Waals surface area contributed by atoms with Crippen LogP contribution in [0.4, 0.5) is 37.9 Å². The van der Waals surface area contributed by atoms with Crippen LogP contribution in [0.5, 0.6) is 0 Å². The Hall–Kier alpha value is -2.75. The number of aryl methyl sites for hydroxylation is 2. The van der Waals surface area contributed by atoms with Crippen molar-refractivity contribution >= 4 is 17.3 Å². The van der Waals surface area contributed by atoms with Crippen LogP contribution >= 0.6 is 0 Å². The van der Waals surface area contributed by atoms with E-state index in [4.69, 9.17) is 5.73 Å². The first kappa shape index (κ1) is 20.6. The topological polar surface area (TPSA) is 58.4 Å². The maximum Gasteiger partial charge on any atom is 0.446 e. The lowest BCUT2D eigenvalue weighted by Gasteiger charge is -2.28. The highest BCUT2D eigenvalue weighted by Gasteiger charge is 2.64. The Labute approximate surface area is 150 Å². The molecule has 0 aromatic heterocycles. The van der Waals surface area contributed by atoms with E-state index < -0.39 is 28.8 Å². The van der Waals surface area contributed by atoms with Gasteiger partial charge in [-0.25, -0.2) is 4.39 Å². The molecule has 0 aliphatic rings. The van der Waals surface area contributed by atoms with Crippen molar-refractivity contribution in [3.63, 3.8) is 0 Å². The first-order valence-electron chi connectivity index (χ1n) is 7.54. The maximum atomic E-state index is 14.2. The van der Waals surface area contributed by atoms with Gasteiger partial charge < -0.3 is 11.1 Å². The van der Waals surface area contributed by atoms with Gasteiger partial charge in [-0.2, -0.15) is 13.2 Å². The second-order valence-corrected chi connectivity index (χ2v) is 5.92. The largest absolute Gasteiger partial charge is 0.446 e. The monoisotopic (exact) mass is 391 g/mol. The molecule has 0 spiro atoms. The van der Waals surface area contributed by atoms with E-state index in [9.17, 15) is 31.3 Å². The number of nitrogens with one attached hydrogen (secondary N) is 1. The molecule has 3 N–H and O–H groups in total. The molecule has 4 nitrogen and oxygen atoms in total. The van der Waals surface area contributed by atoms with E-state index in [0.29, 0.717) is 17.8 Å². The maximum absolute atomic E-state index is 14.2. The lowest BCUT2D eigenvalue weighted by Crippen LogP contribution is -2.46. The Balaban J connectivity index is 2.44. The number of hydrogen-bond acceptors (Lipinski definition) is 3. The number of carbonyl (C=O) groups excluding carboxylic acids is 1. The van der Waals surface area contributed by atoms with Crippen molar-refractivity contribution in [3.05, 3.63) is 58.7 Å². The van der Waals surface area contributed by atoms with Gasteiger partial charge in [-0.1, -0.05) is 15.0 Å². The summed E-state index contributed by atoms with van der Waals surface area (Å²) in [5, 5.41) is -0.0523. The molecule has 2 aromatic carbocycles. The molecule has 1 atom stereocenters. The molecule has 2 rings (SSSR count). The highest BCUT2D eigenvalue weighted by Crippen LogP contribution is 2.47. The molecule has 0 aliphatic carbocycles. The van der Waals surface area contributed by atoms with Gasteiger partial charge in [0.1, 0.15) is 0 Å². The normalized spacial score (nSPS) is 14.1. The van der Waals surface area contributed by atoms with Gasteiger partial charge in [0.05, 0.1) is 5.34 Å². The van der Waals surface area contributed by atoms with Gasteiger partial charge in [0.2, 0.25) is 0 Å². The fraction of sp³-hybridized carbons (Fsp3) is 0.235. The van der Waals surface area contributed by atoms with Crippen LogP contribution in [0.15, 0.2) is 36.4 Å². The zero-order valence-corrected chi connectivity index (χ0v) is 14.2. The Bertz CT molecular complexity index is 845. The minimum absolute atomic E-state index is 0.0182. The zero-order valence-electron chi connectivity index (χ0n) is 14.2. The quantitative estimate of drug-likeness (QED) is 0.338. The molecule has 0 fully saturated rings. The average Bonchev–Trinajstić information content (AvgIpc) is 2.55. The summed E-state index contributed by atoms with van der Waals surface area (Å²) in [4.78, 5) is 12.3. The van der Waals surface area contributed by atoms with Gasteiger partial charge in [0.15, 0.2) is 0 Å². The van der Waals surface area contributed by atoms with Crippen LogP contribution < -0.4 is 11.1 Å². The number of anilines is 2. The molecular weight excluding hydrogens is 376 g/mol. The molecule has 2 aromatic rings. The Morgan fingerprint density at radius 1 is 1.04 bits per heavy atom. The number of hydrogen-bond donors (Lipinski definition) is 2. The molecule has 146 valence electrons. The summed E-state index contributed by atoms with van der Waals surface area (Å²) < 4.78 is 78.4. The van der Waals surface area contributed by atoms with Crippen LogP contribution in [-0.4, -0.2) is 17.4 Å². The number of rotatable bonds is 4. The minimum atomic E-state index is -5.87. The van der Waals surface area contributed by atoms with Crippen LogP contribution in [0, 0.1) is 13.8 Å². The van der Waals surface area contributed by atoms with Crippen molar-refractivity contribution in [3.8, 4) is 0 Å². The van der Waals surface area contributed by atoms with Gasteiger partial charge in [-0.15, -0.1) is 0 Å². The standard InChI is InChI=1S/C17H15F6N3O/c1-9-6-12(16(18,26(22)23)17(19,20)21)7-10(2)14(9)25-15(27)11-4-3-5-13(24)8-11/h3-8H,24H2,1-2H3,(H,25,27). The molecule has 1 unspecified atom stereocenters. The molecule has 0 saturated carbocycles. The number of nitrogen functional groups attached to an aromatic ring is 1. The van der Waals surface area contributed by atoms with Crippen molar-refractivity contribution < 1.29 is 31.3 Å². The first-order valence-corrected chi connectivity index (χ1v) is 7.54. The molecule has 0 saturated heterocycles. The third-order valence-corrected chi connectivity index (χ3v) is 3.91. The van der Waals surface area contributed by atoms with Gasteiger partial charge in [-0.3, -0.25) is 4.79 Å². The molecule has 0 radical (unpaired) electrons. The van der Waals surface area contributed by atoms with Gasteiger partial charge in [-0.05, 0) is 55.3 Å². The van der Waals surface area contributed by atoms with E-state index in [1.807, 2.05) is 0 Å². The first-order chi connectivity index (χ1) is 12.4. The lowest BCUT2D eigenvalue weighted by atomic mass is 9.97. The average molecular weight is 391 g/mol. The van der Waals surface area contributed by atoms with E-state index in [1.54, 1.807) is 6.07 Å². The van der Waals surface area contributed by atoms with Crippen molar-refractivity contribution in [2.24, 2.45) is 0 Å². The third-order valence-electron chi connectivity index (χ3n) is 3.91. The van der Waals surface area contributed by atoms with Crippen LogP contribution in [0.3, 0.4) is 0 Å². The van der Waals surface area contributed by atoms with E-state index in [2.05, 4.69) is 5.32 Å². The van der Waals surface area contributed by atoms with E-state index >= 15 is 0 Å². The summed E-state index contributed by atoms with van der Waals surface area (Å²) >= 11 is 0. The molecule has 10 heteroatoms. The SMILES string of the molecule is Cc1cc(C(F)(N(F)F)C(F)(F)F)cc(C)c1NC(=O)c1cccc(N)c1. The summed E-state index contributed by atoms with van der Waals surface area (Å²) in [6.07, 6.45) is -5.87. The lowest BCUT2D eigenvalue weighted by molar-refractivity contribution is -0.388. The summed E-state index contributed by atoms with van der Waals surface area (Å²) in [5.41, 5.74) is 4.85. The van der Waals surface area contributed by atoms with E-state index in [0.717, 1.165) is 0 Å². The molecule has 1 amide bonds. The van der Waals surface area contributed by atoms with Crippen LogP contribution in [-0.2, 0) is 5.79 Å². The molecule has 0 bridgehead atoms. The fourth-order valence-electron chi connectivity index (χ4n) is 2.57. The summed E-state index contributed by atoms with van der Waals surface area (Å²) in [5.74, 6) is -5.58. The minimum Gasteiger partial charge on any atom is -0.399 e. The molecule has 27 heavy (non-hydrogen) atoms. The molecule has 0 heterocycles. The summed E-state index contributed by atoms with van der Waals surface area (Å²) in [7, 11) is 0. The Morgan fingerprint density at radius 3 is 2.04 bits per heavy atom. The number of alkyl halides is 4. The van der Waals surface area contributed by atoms with Gasteiger partial charge in [0.25, 0.3) is 5.91 Å². The molecular formula is C17H15F6N3O. The van der Waals surface area contributed by atoms with E-state index in [1.165, 1.54) is 32.0 Å². The van der Waals surface area contributed by atoms with Crippen LogP contribution in [0.25, 0.3) is 0 Å². The summed E-state index contributed by atoms with van der Waals surface area (Å²) in [6, 6.07) is 7.16. The second kappa shape index (κ2) is 7.10. The number of carbonyl (C=O) groups is 1. The fourth-order valence-corrected chi connectivity index (χ4v) is 2.57. The van der Waals surface area contributed by atoms with Gasteiger partial charge >= 0.3 is 12.0 Å². The zero-order chi connectivity index (χ0) is 20.6. The van der Waals surface area contributed by atoms with Gasteiger partial charge in [0, 0.05) is 22.5 Å². The Kier molecular flexibility index (Phi) is 5.41. The van der Waals surface area contributed by atoms with Crippen molar-refractivity contribution in [2.75, 3.05) is 11.1 Å². The summed E-state index contributed by atoms with van der Waals surface area (Å²) in [6.45, 7) is 2.53. The highest BCUT2D eigenvalue weighted by molar-refractivity contribution is 6.05. The second-order valence-electron chi connectivity index (χ2n) is 5.92. The van der Waals surface area contributed by atoms with Crippen LogP contribution in [0.2, 0.25) is 0 Å². The number of benzene rings is 2. The predicted octanol–water partition coefficient (Wildman–Crippen LogP) is 4.89. The number of amides is 1. The number of nitrogens with two attached hydrogens (primary N) is 1. The smallest absolute Gasteiger partial charge is 0.399 e. The number of halogens is 6. The Morgan fingerprint density at radius 2 is 1.59 bits per heavy atom. The highest BCUT2D eigenvalue weighted by atomic mass is 19.4. The van der Waals surface area contributed by atoms with Crippen molar-refractivity contribution in [2.45, 2.75) is 25.8 Å². The predicted molar refractivity (Wildman–Crippen MR) is 87.6 cm³/mol. The van der Waals surface area contributed by atoms with Crippen molar-refractivity contribution in [1.82, 2.24) is 5.34 Å². The van der Waals surface area contributed by atoms with Crippen LogP contribution in [0.1, 0.15) is 27.0 Å².